The molecule has 0 aliphatic carbocycles. The van der Waals surface area contributed by atoms with Crippen LogP contribution in [0.4, 0.5) is 0 Å². The molecule has 0 rings (SSSR count). The van der Waals surface area contributed by atoms with Crippen LogP contribution in [0, 0.1) is 0 Å². The number of ether oxygens (including phenoxy) is 9. The Labute approximate surface area is 192 Å². The molecule has 0 aromatic rings. The van der Waals surface area contributed by atoms with Gasteiger partial charge in [-0.2, -0.15) is 0 Å². The minimum Gasteiger partial charge on any atom is -0.463 e. The van der Waals surface area contributed by atoms with E-state index >= 15 is 0 Å². The summed E-state index contributed by atoms with van der Waals surface area (Å²) < 4.78 is 47.7. The van der Waals surface area contributed by atoms with Crippen molar-refractivity contribution in [2.75, 3.05) is 126 Å². The normalized spacial score (nSPS) is 11.2. The lowest BCUT2D eigenvalue weighted by atomic mass is 10.6. The second kappa shape index (κ2) is 28.1. The van der Waals surface area contributed by atoms with Gasteiger partial charge in [0, 0.05) is 13.5 Å². The zero-order chi connectivity index (χ0) is 23.4. The number of hydrogen-bond donors (Lipinski definition) is 1. The smallest absolute Gasteiger partial charge is 0.302 e. The average Bonchev–Trinajstić information content (AvgIpc) is 2.78. The summed E-state index contributed by atoms with van der Waals surface area (Å²) in [6.45, 7) is 10.8. The molecule has 0 aliphatic heterocycles. The standard InChI is InChI=1S/C21H43NO10/c1-21(23)32-20-19-31-18-17-30-16-15-29-14-13-28-12-11-27-10-9-26-8-7-25-6-5-24-4-3-22-2/h22H,3-20H2,1-2H3. The van der Waals surface area contributed by atoms with Crippen LogP contribution in [0.1, 0.15) is 6.92 Å². The van der Waals surface area contributed by atoms with Crippen LogP contribution in [0.15, 0.2) is 0 Å². The lowest BCUT2D eigenvalue weighted by Crippen LogP contribution is -2.17. The van der Waals surface area contributed by atoms with Crippen molar-refractivity contribution in [3.63, 3.8) is 0 Å². The van der Waals surface area contributed by atoms with Gasteiger partial charge in [0.05, 0.1) is 106 Å². The van der Waals surface area contributed by atoms with E-state index in [1.54, 1.807) is 0 Å². The van der Waals surface area contributed by atoms with E-state index in [1.807, 2.05) is 7.05 Å². The van der Waals surface area contributed by atoms with Crippen LogP contribution in [0.3, 0.4) is 0 Å². The molecule has 0 aromatic heterocycles. The predicted octanol–water partition coefficient (Wildman–Crippen LogP) is -0.0983. The highest BCUT2D eigenvalue weighted by Crippen LogP contribution is 1.86. The lowest BCUT2D eigenvalue weighted by Gasteiger charge is -2.08. The molecule has 0 unspecified atom stereocenters. The average molecular weight is 470 g/mol. The second-order valence-electron chi connectivity index (χ2n) is 6.34. The molecule has 0 spiro atoms. The Morgan fingerprint density at radius 1 is 0.469 bits per heavy atom. The molecule has 0 fully saturated rings. The number of nitrogens with one attached hydrogen (secondary N) is 1. The van der Waals surface area contributed by atoms with Crippen LogP contribution in [0.2, 0.25) is 0 Å². The number of carbonyl (C=O) groups is 1. The van der Waals surface area contributed by atoms with Gasteiger partial charge in [0.1, 0.15) is 6.61 Å². The third kappa shape index (κ3) is 29.1. The van der Waals surface area contributed by atoms with Gasteiger partial charge in [-0.25, -0.2) is 0 Å². The maximum absolute atomic E-state index is 10.5. The molecular formula is C21H43NO10. The molecule has 0 bridgehead atoms. The Morgan fingerprint density at radius 3 is 0.969 bits per heavy atom. The first-order chi connectivity index (χ1) is 15.8. The van der Waals surface area contributed by atoms with E-state index in [0.717, 1.165) is 6.54 Å². The molecule has 11 heteroatoms. The van der Waals surface area contributed by atoms with Gasteiger partial charge in [0.2, 0.25) is 0 Å². The van der Waals surface area contributed by atoms with Crippen LogP contribution < -0.4 is 5.32 Å². The summed E-state index contributed by atoms with van der Waals surface area (Å²) in [5.41, 5.74) is 0. The fourth-order valence-electron chi connectivity index (χ4n) is 2.06. The molecule has 0 heterocycles. The van der Waals surface area contributed by atoms with E-state index in [4.69, 9.17) is 42.6 Å². The van der Waals surface area contributed by atoms with Gasteiger partial charge in [0.25, 0.3) is 0 Å². The minimum atomic E-state index is -0.306. The largest absolute Gasteiger partial charge is 0.463 e. The summed E-state index contributed by atoms with van der Waals surface area (Å²) >= 11 is 0. The number of likely N-dealkylation sites (N-methyl/N-ethyl adjacent to an activating group) is 1. The van der Waals surface area contributed by atoms with Crippen molar-refractivity contribution < 1.29 is 47.4 Å². The molecule has 0 saturated heterocycles. The first-order valence-electron chi connectivity index (χ1n) is 11.2. The Balaban J connectivity index is 3.00. The lowest BCUT2D eigenvalue weighted by molar-refractivity contribution is -0.142. The fraction of sp³-hybridized carbons (Fsp3) is 0.952. The van der Waals surface area contributed by atoms with Crippen molar-refractivity contribution in [2.45, 2.75) is 6.92 Å². The van der Waals surface area contributed by atoms with E-state index < -0.39 is 0 Å². The molecule has 0 saturated carbocycles. The van der Waals surface area contributed by atoms with Crippen molar-refractivity contribution in [1.29, 1.82) is 0 Å². The van der Waals surface area contributed by atoms with Gasteiger partial charge in [-0.3, -0.25) is 4.79 Å². The first-order valence-corrected chi connectivity index (χ1v) is 11.2. The predicted molar refractivity (Wildman–Crippen MR) is 117 cm³/mol. The summed E-state index contributed by atoms with van der Waals surface area (Å²) in [6.07, 6.45) is 0. The zero-order valence-electron chi connectivity index (χ0n) is 19.8. The number of esters is 1. The zero-order valence-corrected chi connectivity index (χ0v) is 19.8. The number of rotatable bonds is 27. The Bertz CT molecular complexity index is 376. The first kappa shape index (κ1) is 31.1. The third-order valence-electron chi connectivity index (χ3n) is 3.63. The molecular weight excluding hydrogens is 426 g/mol. The number of hydrogen-bond acceptors (Lipinski definition) is 11. The van der Waals surface area contributed by atoms with Gasteiger partial charge >= 0.3 is 5.97 Å². The van der Waals surface area contributed by atoms with Crippen LogP contribution in [0.5, 0.6) is 0 Å². The van der Waals surface area contributed by atoms with Gasteiger partial charge in [-0.1, -0.05) is 0 Å². The molecule has 11 nitrogen and oxygen atoms in total. The quantitative estimate of drug-likeness (QED) is 0.129. The highest BCUT2D eigenvalue weighted by molar-refractivity contribution is 5.65. The number of carbonyl (C=O) groups excluding carboxylic acids is 1. The molecule has 0 atom stereocenters. The van der Waals surface area contributed by atoms with Crippen LogP contribution in [0.25, 0.3) is 0 Å². The molecule has 0 aliphatic rings. The topological polar surface area (TPSA) is 112 Å². The van der Waals surface area contributed by atoms with Crippen molar-refractivity contribution in [2.24, 2.45) is 0 Å². The van der Waals surface area contributed by atoms with Crippen LogP contribution in [-0.2, 0) is 47.4 Å². The van der Waals surface area contributed by atoms with E-state index in [9.17, 15) is 4.79 Å². The second-order valence-corrected chi connectivity index (χ2v) is 6.34. The summed E-state index contributed by atoms with van der Waals surface area (Å²) in [4.78, 5) is 10.5. The molecule has 192 valence electrons. The van der Waals surface area contributed by atoms with Crippen molar-refractivity contribution in [3.05, 3.63) is 0 Å². The van der Waals surface area contributed by atoms with Crippen molar-refractivity contribution >= 4 is 5.97 Å². The monoisotopic (exact) mass is 469 g/mol. The Morgan fingerprint density at radius 2 is 0.719 bits per heavy atom. The third-order valence-corrected chi connectivity index (χ3v) is 3.63. The Kier molecular flexibility index (Phi) is 27.4. The maximum Gasteiger partial charge on any atom is 0.302 e. The highest BCUT2D eigenvalue weighted by atomic mass is 16.6. The molecule has 0 aromatic carbocycles. The van der Waals surface area contributed by atoms with Crippen LogP contribution >= 0.6 is 0 Å². The van der Waals surface area contributed by atoms with Crippen molar-refractivity contribution in [1.82, 2.24) is 5.32 Å². The summed E-state index contributed by atoms with van der Waals surface area (Å²) in [7, 11) is 1.89. The van der Waals surface area contributed by atoms with E-state index in [0.29, 0.717) is 106 Å². The summed E-state index contributed by atoms with van der Waals surface area (Å²) in [5.74, 6) is -0.306. The SMILES string of the molecule is CNCCOCCOCCOCCOCCOCCOCCOCCOCCOC(C)=O. The summed E-state index contributed by atoms with van der Waals surface area (Å²) in [5, 5.41) is 3.01. The van der Waals surface area contributed by atoms with Gasteiger partial charge in [-0.05, 0) is 7.05 Å². The minimum absolute atomic E-state index is 0.265. The van der Waals surface area contributed by atoms with Crippen molar-refractivity contribution in [3.8, 4) is 0 Å². The molecule has 32 heavy (non-hydrogen) atoms. The fourth-order valence-corrected chi connectivity index (χ4v) is 2.06. The Hall–Kier alpha value is -0.890. The van der Waals surface area contributed by atoms with Gasteiger partial charge < -0.3 is 47.9 Å². The van der Waals surface area contributed by atoms with E-state index in [2.05, 4.69) is 5.32 Å². The highest BCUT2D eigenvalue weighted by Gasteiger charge is 1.96. The van der Waals surface area contributed by atoms with Gasteiger partial charge in [-0.15, -0.1) is 0 Å². The maximum atomic E-state index is 10.5. The molecule has 1 N–H and O–H groups in total. The molecule has 0 radical (unpaired) electrons. The summed E-state index contributed by atoms with van der Waals surface area (Å²) in [6, 6.07) is 0. The van der Waals surface area contributed by atoms with Gasteiger partial charge in [0.15, 0.2) is 0 Å². The van der Waals surface area contributed by atoms with E-state index in [1.165, 1.54) is 6.92 Å². The molecule has 0 amide bonds. The van der Waals surface area contributed by atoms with Crippen LogP contribution in [-0.4, -0.2) is 132 Å². The van der Waals surface area contributed by atoms with E-state index in [-0.39, 0.29) is 12.6 Å².